The molecular weight excluding hydrogens is 266 g/mol. The third-order valence-electron chi connectivity index (χ3n) is 3.96. The molecule has 2 amide bonds. The van der Waals surface area contributed by atoms with Crippen molar-refractivity contribution in [2.75, 3.05) is 25.5 Å². The molecule has 5 nitrogen and oxygen atoms in total. The van der Waals surface area contributed by atoms with Gasteiger partial charge in [-0.3, -0.25) is 9.59 Å². The van der Waals surface area contributed by atoms with Gasteiger partial charge in [0, 0.05) is 30.9 Å². The van der Waals surface area contributed by atoms with Gasteiger partial charge in [0.15, 0.2) is 0 Å². The van der Waals surface area contributed by atoms with Crippen LogP contribution in [0.1, 0.15) is 35.2 Å². The van der Waals surface area contributed by atoms with E-state index in [-0.39, 0.29) is 18.4 Å². The Kier molecular flexibility index (Phi) is 3.82. The largest absolute Gasteiger partial charge is 0.385 e. The molecule has 0 aromatic heterocycles. The number of benzene rings is 1. The summed E-state index contributed by atoms with van der Waals surface area (Å²) in [5, 5.41) is 6.23. The molecule has 0 saturated heterocycles. The minimum Gasteiger partial charge on any atom is -0.385 e. The standard InChI is InChI=1S/C16H21N3O2/c1-19(10-15(20)18-13-5-6-13)16(21)12-4-7-14-11(9-12)3-2-8-17-14/h4,7,9,13,17H,2-3,5-6,8,10H2,1H3,(H,18,20). The van der Waals surface area contributed by atoms with Crippen molar-refractivity contribution in [2.45, 2.75) is 31.7 Å². The quantitative estimate of drug-likeness (QED) is 0.880. The summed E-state index contributed by atoms with van der Waals surface area (Å²) in [4.78, 5) is 25.6. The van der Waals surface area contributed by atoms with Crippen LogP contribution in [0.4, 0.5) is 5.69 Å². The van der Waals surface area contributed by atoms with Gasteiger partial charge in [-0.2, -0.15) is 0 Å². The molecule has 0 unspecified atom stereocenters. The number of hydrogen-bond acceptors (Lipinski definition) is 3. The second kappa shape index (κ2) is 5.76. The van der Waals surface area contributed by atoms with Gasteiger partial charge in [-0.05, 0) is 49.4 Å². The van der Waals surface area contributed by atoms with Crippen LogP contribution in [0.3, 0.4) is 0 Å². The van der Waals surface area contributed by atoms with Gasteiger partial charge < -0.3 is 15.5 Å². The van der Waals surface area contributed by atoms with Crippen LogP contribution in [0.15, 0.2) is 18.2 Å². The van der Waals surface area contributed by atoms with E-state index in [9.17, 15) is 9.59 Å². The number of nitrogens with zero attached hydrogens (tertiary/aromatic N) is 1. The van der Waals surface area contributed by atoms with Crippen LogP contribution >= 0.6 is 0 Å². The summed E-state index contributed by atoms with van der Waals surface area (Å²) in [6.07, 6.45) is 4.20. The zero-order valence-corrected chi connectivity index (χ0v) is 12.3. The fourth-order valence-electron chi connectivity index (χ4n) is 2.62. The van der Waals surface area contributed by atoms with E-state index >= 15 is 0 Å². The van der Waals surface area contributed by atoms with Crippen molar-refractivity contribution >= 4 is 17.5 Å². The van der Waals surface area contributed by atoms with Crippen LogP contribution in [0.2, 0.25) is 0 Å². The zero-order valence-electron chi connectivity index (χ0n) is 12.3. The maximum Gasteiger partial charge on any atom is 0.254 e. The summed E-state index contributed by atoms with van der Waals surface area (Å²) < 4.78 is 0. The number of carbonyl (C=O) groups is 2. The third-order valence-corrected chi connectivity index (χ3v) is 3.96. The highest BCUT2D eigenvalue weighted by molar-refractivity contribution is 5.97. The molecule has 5 heteroatoms. The molecule has 0 spiro atoms. The summed E-state index contributed by atoms with van der Waals surface area (Å²) in [6.45, 7) is 1.10. The fraction of sp³-hybridized carbons (Fsp3) is 0.500. The molecule has 1 aromatic carbocycles. The Morgan fingerprint density at radius 3 is 2.95 bits per heavy atom. The molecule has 0 radical (unpaired) electrons. The Morgan fingerprint density at radius 1 is 1.38 bits per heavy atom. The van der Waals surface area contributed by atoms with Gasteiger partial charge in [0.25, 0.3) is 5.91 Å². The Bertz CT molecular complexity index is 567. The highest BCUT2D eigenvalue weighted by atomic mass is 16.2. The number of likely N-dealkylation sites (N-methyl/N-ethyl adjacent to an activating group) is 1. The molecule has 112 valence electrons. The molecule has 1 aliphatic heterocycles. The lowest BCUT2D eigenvalue weighted by Gasteiger charge is -2.21. The van der Waals surface area contributed by atoms with E-state index in [1.54, 1.807) is 7.05 Å². The summed E-state index contributed by atoms with van der Waals surface area (Å²) in [7, 11) is 1.67. The first kappa shape index (κ1) is 13.9. The van der Waals surface area contributed by atoms with Gasteiger partial charge in [0.2, 0.25) is 5.91 Å². The van der Waals surface area contributed by atoms with Crippen molar-refractivity contribution < 1.29 is 9.59 Å². The van der Waals surface area contributed by atoms with Gasteiger partial charge in [0.05, 0.1) is 6.54 Å². The highest BCUT2D eigenvalue weighted by Gasteiger charge is 2.24. The van der Waals surface area contributed by atoms with Gasteiger partial charge in [-0.1, -0.05) is 0 Å². The highest BCUT2D eigenvalue weighted by Crippen LogP contribution is 2.23. The lowest BCUT2D eigenvalue weighted by Crippen LogP contribution is -2.39. The summed E-state index contributed by atoms with van der Waals surface area (Å²) in [5.41, 5.74) is 2.95. The molecule has 1 saturated carbocycles. The number of aryl methyl sites for hydroxylation is 1. The van der Waals surface area contributed by atoms with E-state index in [4.69, 9.17) is 0 Å². The number of amides is 2. The van der Waals surface area contributed by atoms with E-state index < -0.39 is 0 Å². The van der Waals surface area contributed by atoms with Crippen molar-refractivity contribution in [2.24, 2.45) is 0 Å². The monoisotopic (exact) mass is 287 g/mol. The van der Waals surface area contributed by atoms with Crippen LogP contribution < -0.4 is 10.6 Å². The Labute approximate surface area is 124 Å². The summed E-state index contributed by atoms with van der Waals surface area (Å²) in [5.74, 6) is -0.178. The number of rotatable bonds is 4. The van der Waals surface area contributed by atoms with Crippen LogP contribution in [0, 0.1) is 0 Å². The van der Waals surface area contributed by atoms with Crippen molar-refractivity contribution in [3.8, 4) is 0 Å². The topological polar surface area (TPSA) is 61.4 Å². The number of hydrogen-bond donors (Lipinski definition) is 2. The second-order valence-electron chi connectivity index (χ2n) is 5.91. The maximum atomic E-state index is 12.4. The van der Waals surface area contributed by atoms with Gasteiger partial charge in [-0.15, -0.1) is 0 Å². The molecule has 2 aliphatic rings. The van der Waals surface area contributed by atoms with E-state index in [0.717, 1.165) is 37.9 Å². The molecule has 1 heterocycles. The van der Waals surface area contributed by atoms with Gasteiger partial charge in [0.1, 0.15) is 0 Å². The van der Waals surface area contributed by atoms with E-state index in [0.29, 0.717) is 11.6 Å². The molecule has 0 bridgehead atoms. The van der Waals surface area contributed by atoms with E-state index in [1.807, 2.05) is 18.2 Å². The SMILES string of the molecule is CN(CC(=O)NC1CC1)C(=O)c1ccc2c(c1)CCCN2. The average molecular weight is 287 g/mol. The first-order valence-corrected chi connectivity index (χ1v) is 7.55. The van der Waals surface area contributed by atoms with Gasteiger partial charge in [-0.25, -0.2) is 0 Å². The molecule has 21 heavy (non-hydrogen) atoms. The lowest BCUT2D eigenvalue weighted by molar-refractivity contribution is -0.121. The van der Waals surface area contributed by atoms with E-state index in [1.165, 1.54) is 10.5 Å². The molecular formula is C16H21N3O2. The summed E-state index contributed by atoms with van der Waals surface area (Å²) in [6, 6.07) is 6.06. The number of carbonyl (C=O) groups excluding carboxylic acids is 2. The predicted molar refractivity (Wildman–Crippen MR) is 81.4 cm³/mol. The fourth-order valence-corrected chi connectivity index (χ4v) is 2.62. The zero-order chi connectivity index (χ0) is 14.8. The van der Waals surface area contributed by atoms with Crippen molar-refractivity contribution in [1.29, 1.82) is 0 Å². The van der Waals surface area contributed by atoms with Gasteiger partial charge >= 0.3 is 0 Å². The first-order valence-electron chi connectivity index (χ1n) is 7.55. The minimum absolute atomic E-state index is 0.0759. The molecule has 1 aromatic rings. The molecule has 0 atom stereocenters. The van der Waals surface area contributed by atoms with Crippen LogP contribution in [0.25, 0.3) is 0 Å². The van der Waals surface area contributed by atoms with Crippen LogP contribution in [-0.2, 0) is 11.2 Å². The number of fused-ring (bicyclic) bond motifs is 1. The third kappa shape index (κ3) is 3.35. The Hall–Kier alpha value is -2.04. The van der Waals surface area contributed by atoms with Crippen molar-refractivity contribution in [3.05, 3.63) is 29.3 Å². The van der Waals surface area contributed by atoms with Crippen molar-refractivity contribution in [3.63, 3.8) is 0 Å². The first-order chi connectivity index (χ1) is 10.1. The maximum absolute atomic E-state index is 12.4. The molecule has 2 N–H and O–H groups in total. The van der Waals surface area contributed by atoms with Crippen molar-refractivity contribution in [1.82, 2.24) is 10.2 Å². The average Bonchev–Trinajstić information content (AvgIpc) is 3.29. The van der Waals surface area contributed by atoms with Crippen LogP contribution in [0.5, 0.6) is 0 Å². The molecule has 3 rings (SSSR count). The van der Waals surface area contributed by atoms with Crippen LogP contribution in [-0.4, -0.2) is 42.9 Å². The Morgan fingerprint density at radius 2 is 2.19 bits per heavy atom. The normalized spacial score (nSPS) is 16.6. The molecule has 1 aliphatic carbocycles. The lowest BCUT2D eigenvalue weighted by atomic mass is 10.0. The second-order valence-corrected chi connectivity index (χ2v) is 5.91. The smallest absolute Gasteiger partial charge is 0.254 e. The minimum atomic E-state index is -0.102. The number of nitrogens with one attached hydrogen (secondary N) is 2. The molecule has 1 fully saturated rings. The van der Waals surface area contributed by atoms with E-state index in [2.05, 4.69) is 10.6 Å². The Balaban J connectivity index is 1.64. The number of anilines is 1. The summed E-state index contributed by atoms with van der Waals surface area (Å²) >= 11 is 0. The predicted octanol–water partition coefficient (Wildman–Crippen LogP) is 1.40.